The number of aromatic nitrogens is 1. The maximum atomic E-state index is 8.17. The molecule has 0 radical (unpaired) electrons. The van der Waals surface area contributed by atoms with Crippen LogP contribution in [0.2, 0.25) is 0 Å². The van der Waals surface area contributed by atoms with E-state index in [0.29, 0.717) is 4.80 Å². The molecular weight excluding hydrogens is 264 g/mol. The molecule has 0 aliphatic carbocycles. The van der Waals surface area contributed by atoms with Gasteiger partial charge in [0, 0.05) is 11.9 Å². The molecule has 0 aliphatic rings. The molecule has 0 atom stereocenters. The zero-order chi connectivity index (χ0) is 14.1. The van der Waals surface area contributed by atoms with Gasteiger partial charge in [0.25, 0.3) is 0 Å². The van der Waals surface area contributed by atoms with Gasteiger partial charge >= 0.3 is 0 Å². The second-order valence-corrected chi connectivity index (χ2v) is 5.96. The Kier molecular flexibility index (Phi) is 3.28. The number of nitrogens with one attached hydrogen (secondary N) is 1. The Hall–Kier alpha value is -2.13. The summed E-state index contributed by atoms with van der Waals surface area (Å²) in [7, 11) is 0. The molecule has 1 N–H and O–H groups in total. The molecule has 0 saturated heterocycles. The van der Waals surface area contributed by atoms with Crippen molar-refractivity contribution in [2.75, 3.05) is 0 Å². The van der Waals surface area contributed by atoms with E-state index in [0.717, 1.165) is 10.6 Å². The zero-order valence-corrected chi connectivity index (χ0v) is 12.4. The van der Waals surface area contributed by atoms with E-state index in [1.165, 1.54) is 28.0 Å². The van der Waals surface area contributed by atoms with Gasteiger partial charge in [0.05, 0.1) is 4.88 Å². The Balaban J connectivity index is 2.12. The first-order valence-electron chi connectivity index (χ1n) is 6.55. The quantitative estimate of drug-likeness (QED) is 0.725. The molecule has 3 heteroatoms. The van der Waals surface area contributed by atoms with Crippen LogP contribution in [0.15, 0.2) is 54.7 Å². The van der Waals surface area contributed by atoms with Crippen LogP contribution < -0.4 is 4.80 Å². The summed E-state index contributed by atoms with van der Waals surface area (Å²) < 4.78 is 1.93. The minimum atomic E-state index is 0.547. The highest BCUT2D eigenvalue weighted by molar-refractivity contribution is 7.12. The van der Waals surface area contributed by atoms with Crippen LogP contribution >= 0.6 is 11.3 Å². The maximum Gasteiger partial charge on any atom is 0.187 e. The molecule has 0 fully saturated rings. The first-order valence-corrected chi connectivity index (χ1v) is 7.37. The number of rotatable bonds is 2. The summed E-state index contributed by atoms with van der Waals surface area (Å²) in [5.74, 6) is 0. The summed E-state index contributed by atoms with van der Waals surface area (Å²) in [6.45, 7) is 4.23. The number of nitrogens with zero attached hydrogens (tertiary/aromatic N) is 1. The van der Waals surface area contributed by atoms with Crippen LogP contribution in [-0.2, 0) is 0 Å². The van der Waals surface area contributed by atoms with Crippen molar-refractivity contribution in [1.29, 1.82) is 5.41 Å². The third kappa shape index (κ3) is 2.32. The summed E-state index contributed by atoms with van der Waals surface area (Å²) in [5, 5.41) is 8.17. The first kappa shape index (κ1) is 12.9. The molecule has 0 bridgehead atoms. The fraction of sp³-hybridized carbons (Fsp3) is 0.118. The van der Waals surface area contributed by atoms with Crippen LogP contribution in [0.4, 0.5) is 0 Å². The zero-order valence-electron chi connectivity index (χ0n) is 11.6. The van der Waals surface area contributed by atoms with Gasteiger partial charge in [-0.1, -0.05) is 53.3 Å². The van der Waals surface area contributed by atoms with E-state index < -0.39 is 0 Å². The van der Waals surface area contributed by atoms with Gasteiger partial charge in [-0.25, -0.2) is 0 Å². The predicted octanol–water partition coefficient (Wildman–Crippen LogP) is 4.30. The van der Waals surface area contributed by atoms with Crippen molar-refractivity contribution < 1.29 is 0 Å². The molecule has 3 aromatic rings. The molecule has 2 aromatic carbocycles. The van der Waals surface area contributed by atoms with Crippen molar-refractivity contribution in [1.82, 2.24) is 4.57 Å². The molecule has 0 spiro atoms. The van der Waals surface area contributed by atoms with E-state index in [2.05, 4.69) is 38.2 Å². The standard InChI is InChI=1S/C17H16N2S/c1-12-8-9-15(13(2)10-12)16-11-19(17(18)20-16)14-6-4-3-5-7-14/h3-11,18H,1-2H3. The van der Waals surface area contributed by atoms with Gasteiger partial charge in [0.2, 0.25) is 0 Å². The lowest BCUT2D eigenvalue weighted by Gasteiger charge is -2.04. The van der Waals surface area contributed by atoms with Crippen LogP contribution in [0.1, 0.15) is 11.1 Å². The molecule has 2 nitrogen and oxygen atoms in total. The van der Waals surface area contributed by atoms with E-state index in [9.17, 15) is 0 Å². The molecule has 0 unspecified atom stereocenters. The molecule has 1 heterocycles. The van der Waals surface area contributed by atoms with Crippen molar-refractivity contribution in [2.45, 2.75) is 13.8 Å². The lowest BCUT2D eigenvalue weighted by atomic mass is 10.1. The molecule has 0 amide bonds. The summed E-state index contributed by atoms with van der Waals surface area (Å²) in [5.41, 5.74) is 4.77. The average Bonchev–Trinajstić information content (AvgIpc) is 2.81. The normalized spacial score (nSPS) is 10.7. The summed E-state index contributed by atoms with van der Waals surface area (Å²) in [4.78, 5) is 1.68. The second kappa shape index (κ2) is 5.10. The smallest absolute Gasteiger partial charge is 0.187 e. The fourth-order valence-electron chi connectivity index (χ4n) is 2.35. The van der Waals surface area contributed by atoms with Gasteiger partial charge in [-0.2, -0.15) is 0 Å². The highest BCUT2D eigenvalue weighted by atomic mass is 32.1. The van der Waals surface area contributed by atoms with E-state index in [1.807, 2.05) is 34.9 Å². The fourth-order valence-corrected chi connectivity index (χ4v) is 3.31. The Bertz CT molecular complexity index is 797. The predicted molar refractivity (Wildman–Crippen MR) is 84.4 cm³/mol. The van der Waals surface area contributed by atoms with Crippen LogP contribution in [0.3, 0.4) is 0 Å². The molecule has 0 aliphatic heterocycles. The number of para-hydroxylation sites is 1. The summed E-state index contributed by atoms with van der Waals surface area (Å²) >= 11 is 1.51. The number of benzene rings is 2. The van der Waals surface area contributed by atoms with Crippen molar-refractivity contribution in [3.63, 3.8) is 0 Å². The Morgan fingerprint density at radius 1 is 1.00 bits per heavy atom. The largest absolute Gasteiger partial charge is 0.292 e. The number of hydrogen-bond acceptors (Lipinski definition) is 2. The highest BCUT2D eigenvalue weighted by Gasteiger charge is 2.08. The van der Waals surface area contributed by atoms with E-state index >= 15 is 0 Å². The minimum absolute atomic E-state index is 0.547. The van der Waals surface area contributed by atoms with E-state index in [4.69, 9.17) is 5.41 Å². The third-order valence-corrected chi connectivity index (χ3v) is 4.29. The van der Waals surface area contributed by atoms with Gasteiger partial charge in [0.15, 0.2) is 4.80 Å². The maximum absolute atomic E-state index is 8.17. The first-order chi connectivity index (χ1) is 9.65. The molecular formula is C17H16N2S. The van der Waals surface area contributed by atoms with Gasteiger partial charge in [0.1, 0.15) is 0 Å². The van der Waals surface area contributed by atoms with E-state index in [1.54, 1.807) is 0 Å². The van der Waals surface area contributed by atoms with Crippen molar-refractivity contribution in [3.05, 3.63) is 70.7 Å². The van der Waals surface area contributed by atoms with Crippen LogP contribution in [-0.4, -0.2) is 4.57 Å². The number of aryl methyl sites for hydroxylation is 2. The monoisotopic (exact) mass is 280 g/mol. The van der Waals surface area contributed by atoms with Crippen molar-refractivity contribution in [3.8, 4) is 16.1 Å². The van der Waals surface area contributed by atoms with Crippen LogP contribution in [0.5, 0.6) is 0 Å². The summed E-state index contributed by atoms with van der Waals surface area (Å²) in [6.07, 6.45) is 2.06. The lowest BCUT2D eigenvalue weighted by molar-refractivity contribution is 0.980. The average molecular weight is 280 g/mol. The van der Waals surface area contributed by atoms with Crippen molar-refractivity contribution >= 4 is 11.3 Å². The minimum Gasteiger partial charge on any atom is -0.292 e. The molecule has 0 saturated carbocycles. The van der Waals surface area contributed by atoms with Gasteiger partial charge in [-0.15, -0.1) is 0 Å². The van der Waals surface area contributed by atoms with Crippen LogP contribution in [0.25, 0.3) is 16.1 Å². The molecule has 1 aromatic heterocycles. The van der Waals surface area contributed by atoms with Crippen LogP contribution in [0, 0.1) is 19.3 Å². The molecule has 20 heavy (non-hydrogen) atoms. The topological polar surface area (TPSA) is 28.8 Å². The lowest BCUT2D eigenvalue weighted by Crippen LogP contribution is -2.08. The van der Waals surface area contributed by atoms with Gasteiger partial charge in [-0.3, -0.25) is 9.98 Å². The third-order valence-electron chi connectivity index (χ3n) is 3.35. The Morgan fingerprint density at radius 3 is 2.45 bits per heavy atom. The van der Waals surface area contributed by atoms with Gasteiger partial charge < -0.3 is 0 Å². The number of thiazole rings is 1. The Morgan fingerprint density at radius 2 is 1.75 bits per heavy atom. The van der Waals surface area contributed by atoms with E-state index in [-0.39, 0.29) is 0 Å². The summed E-state index contributed by atoms with van der Waals surface area (Å²) in [6, 6.07) is 16.5. The highest BCUT2D eigenvalue weighted by Crippen LogP contribution is 2.27. The van der Waals surface area contributed by atoms with Crippen molar-refractivity contribution in [2.24, 2.45) is 0 Å². The SMILES string of the molecule is Cc1ccc(-c2cn(-c3ccccc3)c(=N)s2)c(C)c1. The number of hydrogen-bond donors (Lipinski definition) is 1. The van der Waals surface area contributed by atoms with Gasteiger partial charge in [-0.05, 0) is 37.1 Å². The molecule has 100 valence electrons. The molecule has 3 rings (SSSR count). The second-order valence-electron chi connectivity index (χ2n) is 4.92. The Labute approximate surface area is 122 Å².